The highest BCUT2D eigenvalue weighted by molar-refractivity contribution is 7.99. The number of H-pyrrole nitrogens is 1. The van der Waals surface area contributed by atoms with Crippen molar-refractivity contribution in [3.8, 4) is 5.75 Å². The fourth-order valence-corrected chi connectivity index (χ4v) is 6.60. The number of carbonyl (C=O) groups excluding carboxylic acids is 1. The van der Waals surface area contributed by atoms with Gasteiger partial charge in [0, 0.05) is 53.9 Å². The van der Waals surface area contributed by atoms with Crippen LogP contribution in [0.3, 0.4) is 0 Å². The minimum absolute atomic E-state index is 0.0782. The summed E-state index contributed by atoms with van der Waals surface area (Å²) in [5.74, 6) is 0.268. The summed E-state index contributed by atoms with van der Waals surface area (Å²) in [6.45, 7) is 11.7. The van der Waals surface area contributed by atoms with E-state index >= 15 is 0 Å². The van der Waals surface area contributed by atoms with Gasteiger partial charge in [0.1, 0.15) is 5.75 Å². The standard InChI is InChI=1S/C29H37N5O3S/c1-6-7-29(8-9-29)38-34-18-19(2)26-22(15-21(16-24(26)34)33-12-10-32(4)11-13-33)27(35)30-17-23-25(37-5)14-20(3)31-28(23)36/h6,14-16,18H,1,7-13,17H2,2-5H3,(H,30,35)(H,31,36). The van der Waals surface area contributed by atoms with Gasteiger partial charge in [0.25, 0.3) is 11.5 Å². The Morgan fingerprint density at radius 1 is 1.21 bits per heavy atom. The zero-order valence-electron chi connectivity index (χ0n) is 22.7. The molecular weight excluding hydrogens is 498 g/mol. The van der Waals surface area contributed by atoms with Crippen LogP contribution in [-0.4, -0.2) is 64.8 Å². The Morgan fingerprint density at radius 3 is 2.61 bits per heavy atom. The van der Waals surface area contributed by atoms with Crippen molar-refractivity contribution in [2.75, 3.05) is 45.2 Å². The Labute approximate surface area is 228 Å². The molecule has 8 nitrogen and oxygen atoms in total. The highest BCUT2D eigenvalue weighted by atomic mass is 32.2. The van der Waals surface area contributed by atoms with Crippen LogP contribution in [0.15, 0.2) is 41.8 Å². The van der Waals surface area contributed by atoms with E-state index in [9.17, 15) is 9.59 Å². The van der Waals surface area contributed by atoms with Crippen molar-refractivity contribution in [2.24, 2.45) is 0 Å². The maximum Gasteiger partial charge on any atom is 0.256 e. The van der Waals surface area contributed by atoms with Crippen LogP contribution < -0.4 is 20.5 Å². The van der Waals surface area contributed by atoms with Crippen LogP contribution in [0.25, 0.3) is 10.9 Å². The van der Waals surface area contributed by atoms with Crippen molar-refractivity contribution in [1.29, 1.82) is 0 Å². The lowest BCUT2D eigenvalue weighted by Crippen LogP contribution is -2.44. The fraction of sp³-hybridized carbons (Fsp3) is 0.448. The second-order valence-corrected chi connectivity index (χ2v) is 12.0. The minimum Gasteiger partial charge on any atom is -0.496 e. The number of carbonyl (C=O) groups is 1. The van der Waals surface area contributed by atoms with E-state index in [0.29, 0.717) is 22.6 Å². The lowest BCUT2D eigenvalue weighted by Gasteiger charge is -2.34. The number of pyridine rings is 1. The van der Waals surface area contributed by atoms with E-state index in [2.05, 4.69) is 56.9 Å². The number of benzene rings is 1. The van der Waals surface area contributed by atoms with Crippen molar-refractivity contribution in [2.45, 2.75) is 44.4 Å². The monoisotopic (exact) mass is 535 g/mol. The van der Waals surface area contributed by atoms with Gasteiger partial charge < -0.3 is 24.8 Å². The highest BCUT2D eigenvalue weighted by Gasteiger charge is 2.43. The third-order valence-corrected chi connectivity index (χ3v) is 9.11. The number of fused-ring (bicyclic) bond motifs is 1. The normalized spacial score (nSPS) is 17.0. The van der Waals surface area contributed by atoms with Crippen molar-refractivity contribution >= 4 is 34.4 Å². The van der Waals surface area contributed by atoms with Crippen LogP contribution in [0.1, 0.15) is 46.4 Å². The van der Waals surface area contributed by atoms with Gasteiger partial charge in [-0.15, -0.1) is 6.58 Å². The quantitative estimate of drug-likeness (QED) is 0.399. The predicted octanol–water partition coefficient (Wildman–Crippen LogP) is 4.24. The molecule has 5 rings (SSSR count). The van der Waals surface area contributed by atoms with E-state index in [1.165, 1.54) is 20.0 Å². The maximum absolute atomic E-state index is 13.7. The third-order valence-electron chi connectivity index (χ3n) is 7.65. The number of nitrogens with zero attached hydrogens (tertiary/aromatic N) is 3. The second-order valence-electron chi connectivity index (χ2n) is 10.6. The number of ether oxygens (including phenoxy) is 1. The van der Waals surface area contributed by atoms with Gasteiger partial charge in [-0.2, -0.15) is 0 Å². The SMILES string of the molecule is C=CCC1(Sn2cc(C)c3c(C(=O)NCc4c(OC)cc(C)[nH]c4=O)cc(N4CCN(C)CC4)cc32)CC1. The average Bonchev–Trinajstić information content (AvgIpc) is 3.58. The van der Waals surface area contributed by atoms with E-state index < -0.39 is 0 Å². The number of hydrogen-bond donors (Lipinski definition) is 2. The van der Waals surface area contributed by atoms with E-state index in [0.717, 1.165) is 54.8 Å². The molecule has 1 saturated heterocycles. The molecule has 1 aromatic carbocycles. The summed E-state index contributed by atoms with van der Waals surface area (Å²) in [5, 5.41) is 3.95. The number of rotatable bonds is 9. The van der Waals surface area contributed by atoms with Gasteiger partial charge in [-0.25, -0.2) is 0 Å². The molecule has 3 heterocycles. The molecule has 0 spiro atoms. The maximum atomic E-state index is 13.7. The molecule has 2 N–H and O–H groups in total. The molecule has 2 fully saturated rings. The Balaban J connectivity index is 1.52. The molecule has 3 aromatic rings. The molecule has 1 saturated carbocycles. The predicted molar refractivity (Wildman–Crippen MR) is 156 cm³/mol. The Morgan fingerprint density at radius 2 is 1.95 bits per heavy atom. The zero-order valence-corrected chi connectivity index (χ0v) is 23.5. The first-order valence-corrected chi connectivity index (χ1v) is 14.0. The molecule has 2 aliphatic rings. The number of aromatic nitrogens is 2. The van der Waals surface area contributed by atoms with Crippen LogP contribution in [-0.2, 0) is 6.54 Å². The topological polar surface area (TPSA) is 82.6 Å². The lowest BCUT2D eigenvalue weighted by molar-refractivity contribution is 0.0952. The summed E-state index contributed by atoms with van der Waals surface area (Å²) in [5.41, 5.74) is 4.65. The Hall–Kier alpha value is -3.17. The molecule has 1 amide bonds. The summed E-state index contributed by atoms with van der Waals surface area (Å²) < 4.78 is 7.87. The van der Waals surface area contributed by atoms with Crippen molar-refractivity contribution < 1.29 is 9.53 Å². The number of methoxy groups -OCH3 is 1. The summed E-state index contributed by atoms with van der Waals surface area (Å²) in [6.07, 6.45) is 7.46. The highest BCUT2D eigenvalue weighted by Crippen LogP contribution is 2.53. The average molecular weight is 536 g/mol. The fourth-order valence-electron chi connectivity index (χ4n) is 5.26. The van der Waals surface area contributed by atoms with E-state index in [-0.39, 0.29) is 22.8 Å². The number of aryl methyl sites for hydroxylation is 2. The molecule has 9 heteroatoms. The van der Waals surface area contributed by atoms with Crippen molar-refractivity contribution in [3.63, 3.8) is 0 Å². The van der Waals surface area contributed by atoms with Crippen molar-refractivity contribution in [3.05, 3.63) is 69.8 Å². The zero-order chi connectivity index (χ0) is 27.0. The number of amides is 1. The number of anilines is 1. The third kappa shape index (κ3) is 5.22. The molecule has 202 valence electrons. The van der Waals surface area contributed by atoms with E-state index in [1.807, 2.05) is 24.1 Å². The lowest BCUT2D eigenvalue weighted by atomic mass is 10.0. The molecule has 0 atom stereocenters. The molecule has 0 radical (unpaired) electrons. The first kappa shape index (κ1) is 26.4. The van der Waals surface area contributed by atoms with Gasteiger partial charge >= 0.3 is 0 Å². The Kier molecular flexibility index (Phi) is 7.33. The van der Waals surface area contributed by atoms with Crippen LogP contribution in [0.2, 0.25) is 0 Å². The van der Waals surface area contributed by atoms with E-state index in [4.69, 9.17) is 4.74 Å². The molecule has 0 unspecified atom stereocenters. The Bertz CT molecular complexity index is 1430. The summed E-state index contributed by atoms with van der Waals surface area (Å²) in [4.78, 5) is 33.8. The number of piperazine rings is 1. The summed E-state index contributed by atoms with van der Waals surface area (Å²) in [6, 6.07) is 6.01. The van der Waals surface area contributed by atoms with Gasteiger partial charge in [0.05, 0.1) is 30.3 Å². The molecular formula is C29H37N5O3S. The van der Waals surface area contributed by atoms with Crippen molar-refractivity contribution in [1.82, 2.24) is 19.2 Å². The van der Waals surface area contributed by atoms with Gasteiger partial charge in [0.2, 0.25) is 0 Å². The summed E-state index contributed by atoms with van der Waals surface area (Å²) >= 11 is 1.85. The number of hydrogen-bond acceptors (Lipinski definition) is 6. The second kappa shape index (κ2) is 10.5. The van der Waals surface area contributed by atoms with Gasteiger partial charge in [-0.3, -0.25) is 13.6 Å². The molecule has 0 bridgehead atoms. The van der Waals surface area contributed by atoms with Crippen LogP contribution in [0.4, 0.5) is 5.69 Å². The largest absolute Gasteiger partial charge is 0.496 e. The minimum atomic E-state index is -0.255. The van der Waals surface area contributed by atoms with E-state index in [1.54, 1.807) is 13.0 Å². The van der Waals surface area contributed by atoms with Crippen LogP contribution in [0, 0.1) is 13.8 Å². The van der Waals surface area contributed by atoms with Crippen LogP contribution in [0.5, 0.6) is 5.75 Å². The van der Waals surface area contributed by atoms with Gasteiger partial charge in [-0.1, -0.05) is 6.08 Å². The van der Waals surface area contributed by atoms with Gasteiger partial charge in [-0.05, 0) is 75.9 Å². The first-order valence-electron chi connectivity index (χ1n) is 13.2. The molecule has 38 heavy (non-hydrogen) atoms. The molecule has 2 aromatic heterocycles. The molecule has 1 aliphatic carbocycles. The number of likely N-dealkylation sites (N-methyl/N-ethyl adjacent to an activating group) is 1. The summed E-state index contributed by atoms with van der Waals surface area (Å²) in [7, 11) is 3.67. The molecule has 1 aliphatic heterocycles. The number of nitrogens with one attached hydrogen (secondary N) is 2. The number of allylic oxidation sites excluding steroid dienone is 1. The van der Waals surface area contributed by atoms with Crippen LogP contribution >= 0.6 is 11.9 Å². The van der Waals surface area contributed by atoms with Gasteiger partial charge in [0.15, 0.2) is 0 Å². The number of aromatic amines is 1. The first-order chi connectivity index (χ1) is 18.2. The smallest absolute Gasteiger partial charge is 0.256 e.